The van der Waals surface area contributed by atoms with E-state index in [2.05, 4.69) is 5.32 Å². The van der Waals surface area contributed by atoms with Gasteiger partial charge in [0.2, 0.25) is 11.8 Å². The number of likely N-dealkylation sites (N-methyl/N-ethyl adjacent to an activating group) is 1. The maximum absolute atomic E-state index is 14.4. The zero-order valence-electron chi connectivity index (χ0n) is 24.4. The van der Waals surface area contributed by atoms with E-state index in [0.29, 0.717) is 5.69 Å². The lowest BCUT2D eigenvalue weighted by Crippen LogP contribution is -2.53. The molecule has 4 aromatic carbocycles. The Kier molecular flexibility index (Phi) is 9.80. The highest BCUT2D eigenvalue weighted by Crippen LogP contribution is 2.28. The summed E-state index contributed by atoms with van der Waals surface area (Å²) in [6.07, 6.45) is 0.271. The lowest BCUT2D eigenvalue weighted by atomic mass is 10.0. The minimum absolute atomic E-state index is 0.0788. The van der Waals surface area contributed by atoms with Gasteiger partial charge in [0.25, 0.3) is 10.0 Å². The first kappa shape index (κ1) is 30.5. The van der Waals surface area contributed by atoms with Crippen molar-refractivity contribution in [1.29, 1.82) is 0 Å². The predicted molar refractivity (Wildman–Crippen MR) is 167 cm³/mol. The molecule has 0 aliphatic heterocycles. The third kappa shape index (κ3) is 7.25. The SMILES string of the molecule is CNC(=O)C(Cc1ccccc1)N(Cc1cccc(C)c1)C(=O)CN(c1ccc(C)cc1C)S(=O)(=O)c1ccccc1. The van der Waals surface area contributed by atoms with Crippen LogP contribution >= 0.6 is 0 Å². The number of carbonyl (C=O) groups is 2. The zero-order valence-corrected chi connectivity index (χ0v) is 25.3. The van der Waals surface area contributed by atoms with Gasteiger partial charge in [0.15, 0.2) is 0 Å². The monoisotopic (exact) mass is 583 g/mol. The van der Waals surface area contributed by atoms with Crippen LogP contribution in [0.3, 0.4) is 0 Å². The molecule has 1 unspecified atom stereocenters. The highest BCUT2D eigenvalue weighted by molar-refractivity contribution is 7.92. The van der Waals surface area contributed by atoms with Gasteiger partial charge in [0.1, 0.15) is 12.6 Å². The molecule has 0 saturated carbocycles. The summed E-state index contributed by atoms with van der Waals surface area (Å²) in [5.74, 6) is -0.815. The lowest BCUT2D eigenvalue weighted by Gasteiger charge is -2.34. The molecule has 8 heteroatoms. The van der Waals surface area contributed by atoms with Crippen LogP contribution < -0.4 is 9.62 Å². The molecule has 218 valence electrons. The van der Waals surface area contributed by atoms with Crippen molar-refractivity contribution in [3.05, 3.63) is 131 Å². The maximum Gasteiger partial charge on any atom is 0.264 e. The van der Waals surface area contributed by atoms with E-state index in [0.717, 1.165) is 32.1 Å². The van der Waals surface area contributed by atoms with E-state index in [1.807, 2.05) is 87.5 Å². The highest BCUT2D eigenvalue weighted by atomic mass is 32.2. The van der Waals surface area contributed by atoms with E-state index in [-0.39, 0.29) is 23.8 Å². The summed E-state index contributed by atoms with van der Waals surface area (Å²) in [6, 6.07) is 29.9. The minimum atomic E-state index is -4.12. The van der Waals surface area contributed by atoms with Crippen molar-refractivity contribution in [3.63, 3.8) is 0 Å². The Labute approximate surface area is 248 Å². The number of rotatable bonds is 11. The minimum Gasteiger partial charge on any atom is -0.357 e. The third-order valence-corrected chi connectivity index (χ3v) is 8.96. The fraction of sp³-hybridized carbons (Fsp3) is 0.235. The van der Waals surface area contributed by atoms with Crippen LogP contribution in [-0.4, -0.2) is 44.8 Å². The van der Waals surface area contributed by atoms with E-state index in [1.54, 1.807) is 24.3 Å². The molecule has 4 rings (SSSR count). The Morgan fingerprint density at radius 3 is 2.00 bits per heavy atom. The second-order valence-electron chi connectivity index (χ2n) is 10.4. The molecule has 1 atom stereocenters. The number of hydrogen-bond acceptors (Lipinski definition) is 4. The number of aryl methyl sites for hydroxylation is 3. The van der Waals surface area contributed by atoms with E-state index in [9.17, 15) is 18.0 Å². The van der Waals surface area contributed by atoms with Crippen LogP contribution in [-0.2, 0) is 32.6 Å². The molecule has 0 aromatic heterocycles. The first-order valence-corrected chi connectivity index (χ1v) is 15.3. The number of nitrogens with one attached hydrogen (secondary N) is 1. The molecule has 1 N–H and O–H groups in total. The van der Waals surface area contributed by atoms with Gasteiger partial charge in [-0.1, -0.05) is 96.1 Å². The summed E-state index contributed by atoms with van der Waals surface area (Å²) < 4.78 is 29.3. The van der Waals surface area contributed by atoms with E-state index in [4.69, 9.17) is 0 Å². The molecule has 0 saturated heterocycles. The van der Waals surface area contributed by atoms with Gasteiger partial charge in [0.05, 0.1) is 10.6 Å². The van der Waals surface area contributed by atoms with Crippen molar-refractivity contribution in [2.45, 2.75) is 44.7 Å². The van der Waals surface area contributed by atoms with Gasteiger partial charge < -0.3 is 10.2 Å². The fourth-order valence-corrected chi connectivity index (χ4v) is 6.55. The van der Waals surface area contributed by atoms with Crippen LogP contribution in [0.5, 0.6) is 0 Å². The third-order valence-electron chi connectivity index (χ3n) is 7.18. The molecule has 4 aromatic rings. The smallest absolute Gasteiger partial charge is 0.264 e. The summed E-state index contributed by atoms with van der Waals surface area (Å²) in [5, 5.41) is 2.71. The fourth-order valence-electron chi connectivity index (χ4n) is 5.05. The Bertz CT molecular complexity index is 1640. The Morgan fingerprint density at radius 2 is 1.38 bits per heavy atom. The van der Waals surface area contributed by atoms with E-state index >= 15 is 0 Å². The van der Waals surface area contributed by atoms with Crippen LogP contribution in [0.15, 0.2) is 108 Å². The maximum atomic E-state index is 14.4. The molecule has 0 aliphatic carbocycles. The van der Waals surface area contributed by atoms with Crippen molar-refractivity contribution in [3.8, 4) is 0 Å². The summed E-state index contributed by atoms with van der Waals surface area (Å²) in [4.78, 5) is 29.3. The van der Waals surface area contributed by atoms with E-state index in [1.165, 1.54) is 24.1 Å². The highest BCUT2D eigenvalue weighted by Gasteiger charge is 2.34. The number of sulfonamides is 1. The number of benzene rings is 4. The molecule has 0 aliphatic rings. The average Bonchev–Trinajstić information content (AvgIpc) is 2.98. The van der Waals surface area contributed by atoms with Crippen LogP contribution in [0, 0.1) is 20.8 Å². The van der Waals surface area contributed by atoms with E-state index < -0.39 is 28.5 Å². The quantitative estimate of drug-likeness (QED) is 0.263. The van der Waals surface area contributed by atoms with Crippen molar-refractivity contribution in [2.75, 3.05) is 17.9 Å². The van der Waals surface area contributed by atoms with Gasteiger partial charge in [-0.15, -0.1) is 0 Å². The predicted octanol–water partition coefficient (Wildman–Crippen LogP) is 5.19. The Morgan fingerprint density at radius 1 is 0.762 bits per heavy atom. The zero-order chi connectivity index (χ0) is 30.3. The topological polar surface area (TPSA) is 86.8 Å². The number of hydrogen-bond donors (Lipinski definition) is 1. The summed E-state index contributed by atoms with van der Waals surface area (Å²) in [7, 11) is -2.58. The molecular weight excluding hydrogens is 546 g/mol. The van der Waals surface area contributed by atoms with Crippen LogP contribution in [0.4, 0.5) is 5.69 Å². The molecule has 42 heavy (non-hydrogen) atoms. The van der Waals surface area contributed by atoms with Crippen molar-refractivity contribution < 1.29 is 18.0 Å². The molecular formula is C34H37N3O4S. The van der Waals surface area contributed by atoms with Crippen molar-refractivity contribution >= 4 is 27.5 Å². The number of carbonyl (C=O) groups excluding carboxylic acids is 2. The van der Waals surface area contributed by atoms with Crippen molar-refractivity contribution in [1.82, 2.24) is 10.2 Å². The molecule has 0 fully saturated rings. The Balaban J connectivity index is 1.81. The van der Waals surface area contributed by atoms with Crippen LogP contribution in [0.1, 0.15) is 27.8 Å². The number of nitrogens with zero attached hydrogens (tertiary/aromatic N) is 2. The van der Waals surface area contributed by atoms with Crippen LogP contribution in [0.25, 0.3) is 0 Å². The van der Waals surface area contributed by atoms with Gasteiger partial charge in [-0.05, 0) is 55.7 Å². The number of amides is 2. The largest absolute Gasteiger partial charge is 0.357 e. The first-order valence-electron chi connectivity index (χ1n) is 13.9. The molecule has 2 amide bonds. The van der Waals surface area contributed by atoms with Gasteiger partial charge in [-0.3, -0.25) is 13.9 Å². The van der Waals surface area contributed by atoms with Gasteiger partial charge >= 0.3 is 0 Å². The summed E-state index contributed by atoms with van der Waals surface area (Å²) in [6.45, 7) is 5.38. The first-order chi connectivity index (χ1) is 20.1. The van der Waals surface area contributed by atoms with Gasteiger partial charge in [0, 0.05) is 20.0 Å². The normalized spacial score (nSPS) is 11.9. The second kappa shape index (κ2) is 13.5. The van der Waals surface area contributed by atoms with Gasteiger partial charge in [-0.25, -0.2) is 8.42 Å². The molecule has 0 radical (unpaired) electrons. The molecule has 0 spiro atoms. The van der Waals surface area contributed by atoms with Gasteiger partial charge in [-0.2, -0.15) is 0 Å². The molecule has 0 bridgehead atoms. The standard InChI is InChI=1S/C34H37N3O4S/c1-25-12-11-15-29(21-25)23-36(32(34(39)35-4)22-28-13-7-5-8-14-28)33(38)24-37(31-19-18-26(2)20-27(31)3)42(40,41)30-16-9-6-10-17-30/h5-21,32H,22-24H2,1-4H3,(H,35,39). The molecule has 7 nitrogen and oxygen atoms in total. The Hall–Kier alpha value is -4.43. The van der Waals surface area contributed by atoms with Crippen LogP contribution in [0.2, 0.25) is 0 Å². The lowest BCUT2D eigenvalue weighted by molar-refractivity contribution is -0.139. The second-order valence-corrected chi connectivity index (χ2v) is 12.3. The number of anilines is 1. The molecule has 0 heterocycles. The average molecular weight is 584 g/mol. The van der Waals surface area contributed by atoms with Crippen molar-refractivity contribution in [2.24, 2.45) is 0 Å². The summed E-state index contributed by atoms with van der Waals surface area (Å²) >= 11 is 0. The summed E-state index contributed by atoms with van der Waals surface area (Å²) in [5.41, 5.74) is 4.85.